The van der Waals surface area contributed by atoms with E-state index in [1.807, 2.05) is 72.8 Å². The Bertz CT molecular complexity index is 1490. The van der Waals surface area contributed by atoms with Crippen molar-refractivity contribution in [2.75, 3.05) is 13.2 Å². The van der Waals surface area contributed by atoms with Crippen molar-refractivity contribution in [3.8, 4) is 0 Å². The van der Waals surface area contributed by atoms with E-state index in [4.69, 9.17) is 21.1 Å². The van der Waals surface area contributed by atoms with Crippen molar-refractivity contribution in [1.82, 2.24) is 9.97 Å². The number of fused-ring (bicyclic) bond motifs is 2. The summed E-state index contributed by atoms with van der Waals surface area (Å²) in [6, 6.07) is 22.8. The molecule has 0 bridgehead atoms. The molecule has 0 saturated carbocycles. The van der Waals surface area contributed by atoms with Gasteiger partial charge in [0.25, 0.3) is 0 Å². The molecule has 5 rings (SSSR count). The van der Waals surface area contributed by atoms with Gasteiger partial charge in [0.1, 0.15) is 11.4 Å². The Balaban J connectivity index is 1.92. The number of hydrogen-bond donors (Lipinski definition) is 2. The van der Waals surface area contributed by atoms with Crippen LogP contribution >= 0.6 is 11.6 Å². The van der Waals surface area contributed by atoms with Crippen LogP contribution in [0, 0.1) is 0 Å². The van der Waals surface area contributed by atoms with Gasteiger partial charge < -0.3 is 19.4 Å². The van der Waals surface area contributed by atoms with Crippen LogP contribution in [0.4, 0.5) is 0 Å². The molecule has 2 aromatic heterocycles. The van der Waals surface area contributed by atoms with Crippen LogP contribution in [0.3, 0.4) is 0 Å². The number of aromatic nitrogens is 2. The van der Waals surface area contributed by atoms with Crippen LogP contribution < -0.4 is 0 Å². The Morgan fingerprint density at radius 3 is 1.64 bits per heavy atom. The number of rotatable bonds is 7. The SMILES string of the molecule is CCOC(=O)c1[nH]c2ccccc2c1C(c1ccccc1Cl)c1c(C(=O)OCC)[nH]c2ccccc12. The van der Waals surface area contributed by atoms with Gasteiger partial charge in [-0.15, -0.1) is 0 Å². The summed E-state index contributed by atoms with van der Waals surface area (Å²) in [5.74, 6) is -1.53. The highest BCUT2D eigenvalue weighted by molar-refractivity contribution is 6.31. The summed E-state index contributed by atoms with van der Waals surface area (Å²) in [4.78, 5) is 33.0. The number of hydrogen-bond acceptors (Lipinski definition) is 4. The van der Waals surface area contributed by atoms with Crippen molar-refractivity contribution in [2.45, 2.75) is 19.8 Å². The summed E-state index contributed by atoms with van der Waals surface area (Å²) in [7, 11) is 0. The van der Waals surface area contributed by atoms with Crippen molar-refractivity contribution in [1.29, 1.82) is 0 Å². The van der Waals surface area contributed by atoms with Gasteiger partial charge in [0.05, 0.1) is 13.2 Å². The van der Waals surface area contributed by atoms with Gasteiger partial charge in [-0.1, -0.05) is 66.2 Å². The van der Waals surface area contributed by atoms with Crippen LogP contribution in [-0.2, 0) is 9.47 Å². The lowest BCUT2D eigenvalue weighted by atomic mass is 9.81. The van der Waals surface area contributed by atoms with Gasteiger partial charge in [-0.2, -0.15) is 0 Å². The molecule has 0 saturated heterocycles. The van der Waals surface area contributed by atoms with Crippen LogP contribution in [0.5, 0.6) is 0 Å². The molecule has 0 atom stereocenters. The molecule has 36 heavy (non-hydrogen) atoms. The molecule has 182 valence electrons. The minimum absolute atomic E-state index is 0.228. The molecule has 3 aromatic carbocycles. The minimum atomic E-state index is -0.579. The fourth-order valence-corrected chi connectivity index (χ4v) is 5.06. The lowest BCUT2D eigenvalue weighted by Crippen LogP contribution is -2.16. The minimum Gasteiger partial charge on any atom is -0.461 e. The fraction of sp³-hybridized carbons (Fsp3) is 0.172. The maximum absolute atomic E-state index is 13.2. The Hall–Kier alpha value is -4.03. The van der Waals surface area contributed by atoms with Crippen LogP contribution in [-0.4, -0.2) is 35.1 Å². The first-order valence-electron chi connectivity index (χ1n) is 11.8. The number of ether oxygens (including phenoxy) is 2. The van der Waals surface area contributed by atoms with Crippen LogP contribution in [0.15, 0.2) is 72.8 Å². The largest absolute Gasteiger partial charge is 0.461 e. The Kier molecular flexibility index (Phi) is 6.53. The quantitative estimate of drug-likeness (QED) is 0.240. The normalized spacial score (nSPS) is 11.3. The van der Waals surface area contributed by atoms with Crippen molar-refractivity contribution in [3.63, 3.8) is 0 Å². The molecule has 0 aliphatic heterocycles. The molecular formula is C29H25ClN2O4. The zero-order valence-electron chi connectivity index (χ0n) is 19.9. The van der Waals surface area contributed by atoms with Gasteiger partial charge >= 0.3 is 11.9 Å². The van der Waals surface area contributed by atoms with Crippen molar-refractivity contribution in [3.05, 3.63) is 106 Å². The molecule has 2 N–H and O–H groups in total. The summed E-state index contributed by atoms with van der Waals surface area (Å²) in [6.45, 7) is 3.99. The van der Waals surface area contributed by atoms with E-state index in [2.05, 4.69) is 9.97 Å². The van der Waals surface area contributed by atoms with E-state index < -0.39 is 17.9 Å². The summed E-state index contributed by atoms with van der Waals surface area (Å²) < 4.78 is 10.9. The molecule has 0 aliphatic rings. The fourth-order valence-electron chi connectivity index (χ4n) is 4.82. The van der Waals surface area contributed by atoms with Crippen molar-refractivity contribution >= 4 is 45.3 Å². The lowest BCUT2D eigenvalue weighted by molar-refractivity contribution is 0.0511. The van der Waals surface area contributed by atoms with Gasteiger partial charge in [0, 0.05) is 43.9 Å². The second-order valence-electron chi connectivity index (χ2n) is 8.31. The predicted octanol–water partition coefficient (Wildman–Crippen LogP) is 6.84. The molecule has 0 radical (unpaired) electrons. The highest BCUT2D eigenvalue weighted by Gasteiger charge is 2.34. The zero-order chi connectivity index (χ0) is 25.2. The number of carbonyl (C=O) groups excluding carboxylic acids is 2. The molecule has 0 unspecified atom stereocenters. The van der Waals surface area contributed by atoms with E-state index in [0.717, 1.165) is 27.4 Å². The number of halogens is 1. The van der Waals surface area contributed by atoms with Crippen molar-refractivity contribution in [2.24, 2.45) is 0 Å². The first-order chi connectivity index (χ1) is 17.5. The molecular weight excluding hydrogens is 476 g/mol. The zero-order valence-corrected chi connectivity index (χ0v) is 20.7. The van der Waals surface area contributed by atoms with Gasteiger partial charge in [0.2, 0.25) is 0 Å². The monoisotopic (exact) mass is 500 g/mol. The third-order valence-corrected chi connectivity index (χ3v) is 6.59. The highest BCUT2D eigenvalue weighted by atomic mass is 35.5. The topological polar surface area (TPSA) is 84.2 Å². The third kappa shape index (κ3) is 4.03. The number of H-pyrrole nitrogens is 2. The average molecular weight is 501 g/mol. The first-order valence-corrected chi connectivity index (χ1v) is 12.2. The molecule has 5 aromatic rings. The summed E-state index contributed by atoms with van der Waals surface area (Å²) in [6.07, 6.45) is 0. The van der Waals surface area contributed by atoms with E-state index in [-0.39, 0.29) is 13.2 Å². The number of para-hydroxylation sites is 2. The molecule has 2 heterocycles. The highest BCUT2D eigenvalue weighted by Crippen LogP contribution is 2.45. The summed E-state index contributed by atoms with van der Waals surface area (Å²) >= 11 is 6.79. The molecule has 0 spiro atoms. The Morgan fingerprint density at radius 1 is 0.722 bits per heavy atom. The summed E-state index contributed by atoms with van der Waals surface area (Å²) in [5.41, 5.74) is 4.34. The van der Waals surface area contributed by atoms with Gasteiger partial charge in [0.15, 0.2) is 0 Å². The van der Waals surface area contributed by atoms with E-state index in [0.29, 0.717) is 27.5 Å². The summed E-state index contributed by atoms with van der Waals surface area (Å²) in [5, 5.41) is 2.19. The predicted molar refractivity (Wildman–Crippen MR) is 141 cm³/mol. The van der Waals surface area contributed by atoms with Gasteiger partial charge in [-0.05, 0) is 37.6 Å². The van der Waals surface area contributed by atoms with E-state index in [1.165, 1.54) is 0 Å². The van der Waals surface area contributed by atoms with E-state index in [9.17, 15) is 9.59 Å². The third-order valence-electron chi connectivity index (χ3n) is 6.25. The number of nitrogens with one attached hydrogen (secondary N) is 2. The Morgan fingerprint density at radius 2 is 1.17 bits per heavy atom. The average Bonchev–Trinajstić information content (AvgIpc) is 3.46. The molecule has 0 aliphatic carbocycles. The van der Waals surface area contributed by atoms with Gasteiger partial charge in [-0.3, -0.25) is 0 Å². The maximum Gasteiger partial charge on any atom is 0.355 e. The van der Waals surface area contributed by atoms with Crippen LogP contribution in [0.1, 0.15) is 57.4 Å². The van der Waals surface area contributed by atoms with Crippen LogP contribution in [0.25, 0.3) is 21.8 Å². The smallest absolute Gasteiger partial charge is 0.355 e. The maximum atomic E-state index is 13.2. The molecule has 7 heteroatoms. The van der Waals surface area contributed by atoms with E-state index in [1.54, 1.807) is 13.8 Å². The number of aromatic amines is 2. The standard InChI is InChI=1S/C29H25ClN2O4/c1-3-35-28(33)26-24(18-12-6-9-15-21(18)31-26)23(17-11-5-8-14-20(17)30)25-19-13-7-10-16-22(19)32-27(25)29(34)36-4-2/h5-16,23,31-32H,3-4H2,1-2H3. The molecule has 0 fully saturated rings. The number of benzene rings is 3. The lowest BCUT2D eigenvalue weighted by Gasteiger charge is -2.21. The second-order valence-corrected chi connectivity index (χ2v) is 8.72. The van der Waals surface area contributed by atoms with Crippen molar-refractivity contribution < 1.29 is 19.1 Å². The number of carbonyl (C=O) groups is 2. The van der Waals surface area contributed by atoms with Gasteiger partial charge in [-0.25, -0.2) is 9.59 Å². The van der Waals surface area contributed by atoms with E-state index >= 15 is 0 Å². The number of esters is 2. The first kappa shape index (κ1) is 23.7. The van der Waals surface area contributed by atoms with Crippen LogP contribution in [0.2, 0.25) is 5.02 Å². The Labute approximate surface area is 213 Å². The molecule has 0 amide bonds. The second kappa shape index (κ2) is 9.91. The molecule has 6 nitrogen and oxygen atoms in total.